The van der Waals surface area contributed by atoms with Gasteiger partial charge < -0.3 is 9.84 Å². The van der Waals surface area contributed by atoms with E-state index in [4.69, 9.17) is 9.84 Å². The van der Waals surface area contributed by atoms with Crippen LogP contribution >= 0.6 is 0 Å². The number of halogens is 2. The molecule has 0 spiro atoms. The van der Waals surface area contributed by atoms with Crippen LogP contribution in [0.25, 0.3) is 0 Å². The van der Waals surface area contributed by atoms with Gasteiger partial charge in [-0.3, -0.25) is 0 Å². The van der Waals surface area contributed by atoms with Crippen LogP contribution in [0.1, 0.15) is 18.1 Å². The topological polar surface area (TPSA) is 29.5 Å². The predicted octanol–water partition coefficient (Wildman–Crippen LogP) is 2.30. The molecule has 0 heterocycles. The first-order valence-corrected chi connectivity index (χ1v) is 4.15. The summed E-state index contributed by atoms with van der Waals surface area (Å²) in [4.78, 5) is 0. The zero-order chi connectivity index (χ0) is 10.8. The Morgan fingerprint density at radius 1 is 1.43 bits per heavy atom. The molecule has 78 valence electrons. The molecule has 4 heteroatoms. The third kappa shape index (κ3) is 2.01. The molecule has 1 aromatic rings. The van der Waals surface area contributed by atoms with Crippen molar-refractivity contribution in [3.63, 3.8) is 0 Å². The maximum atomic E-state index is 13.1. The van der Waals surface area contributed by atoms with Crippen molar-refractivity contribution in [2.45, 2.75) is 19.5 Å². The summed E-state index contributed by atoms with van der Waals surface area (Å²) in [6, 6.07) is 4.31. The highest BCUT2D eigenvalue weighted by molar-refractivity contribution is 5.41. The third-order valence-electron chi connectivity index (χ3n) is 1.98. The summed E-state index contributed by atoms with van der Waals surface area (Å²) in [6.07, 6.45) is 0. The second-order valence-corrected chi connectivity index (χ2v) is 3.03. The van der Waals surface area contributed by atoms with Crippen LogP contribution in [0.15, 0.2) is 18.2 Å². The Hall–Kier alpha value is -1.16. The van der Waals surface area contributed by atoms with Crippen LogP contribution < -0.4 is 4.74 Å². The van der Waals surface area contributed by atoms with Gasteiger partial charge in [-0.25, -0.2) is 8.78 Å². The summed E-state index contributed by atoms with van der Waals surface area (Å²) in [7, 11) is 1.38. The Labute approximate surface area is 81.1 Å². The lowest BCUT2D eigenvalue weighted by Gasteiger charge is -2.16. The monoisotopic (exact) mass is 202 g/mol. The van der Waals surface area contributed by atoms with E-state index < -0.39 is 12.5 Å². The van der Waals surface area contributed by atoms with Gasteiger partial charge in [0, 0.05) is 18.1 Å². The van der Waals surface area contributed by atoms with E-state index in [1.165, 1.54) is 19.2 Å². The Bertz CT molecular complexity index is 318. The summed E-state index contributed by atoms with van der Waals surface area (Å²) < 4.78 is 31.0. The van der Waals surface area contributed by atoms with E-state index in [1.54, 1.807) is 6.07 Å². The summed E-state index contributed by atoms with van der Waals surface area (Å²) >= 11 is 0. The number of methoxy groups -OCH3 is 1. The largest absolute Gasteiger partial charge is 0.496 e. The molecule has 0 radical (unpaired) electrons. The van der Waals surface area contributed by atoms with Gasteiger partial charge in [0.15, 0.2) is 0 Å². The zero-order valence-electron chi connectivity index (χ0n) is 8.05. The summed E-state index contributed by atoms with van der Waals surface area (Å²) in [5, 5.41) is 8.98. The Balaban J connectivity index is 3.29. The van der Waals surface area contributed by atoms with Gasteiger partial charge in [-0.15, -0.1) is 0 Å². The molecule has 14 heavy (non-hydrogen) atoms. The predicted molar refractivity (Wildman–Crippen MR) is 48.5 cm³/mol. The summed E-state index contributed by atoms with van der Waals surface area (Å²) in [6.45, 7) is 0.337. The fraction of sp³-hybridized carbons (Fsp3) is 0.400. The molecule has 0 aliphatic carbocycles. The second kappa shape index (κ2) is 3.92. The number of aliphatic hydroxyl groups is 1. The average Bonchev–Trinajstić information content (AvgIpc) is 2.15. The van der Waals surface area contributed by atoms with E-state index in [2.05, 4.69) is 0 Å². The van der Waals surface area contributed by atoms with Crippen molar-refractivity contribution in [1.82, 2.24) is 0 Å². The van der Waals surface area contributed by atoms with Crippen molar-refractivity contribution in [3.05, 3.63) is 29.3 Å². The fourth-order valence-electron chi connectivity index (χ4n) is 1.33. The molecule has 1 rings (SSSR count). The molecule has 2 nitrogen and oxygen atoms in total. The second-order valence-electron chi connectivity index (χ2n) is 3.03. The smallest absolute Gasteiger partial charge is 0.271 e. The normalized spacial score (nSPS) is 11.5. The number of ether oxygens (including phenoxy) is 1. The molecule has 0 atom stereocenters. The first-order valence-electron chi connectivity index (χ1n) is 4.15. The molecule has 0 aromatic heterocycles. The van der Waals surface area contributed by atoms with Crippen LogP contribution in [0.5, 0.6) is 5.75 Å². The lowest BCUT2D eigenvalue weighted by molar-refractivity contribution is 0.0150. The molecular weight excluding hydrogens is 190 g/mol. The maximum Gasteiger partial charge on any atom is 0.271 e. The first-order chi connectivity index (χ1) is 6.50. The van der Waals surface area contributed by atoms with Crippen molar-refractivity contribution in [2.75, 3.05) is 7.11 Å². The van der Waals surface area contributed by atoms with E-state index in [-0.39, 0.29) is 16.9 Å². The SMILES string of the molecule is COc1cccc(C(C)(F)F)c1CO. The third-order valence-corrected chi connectivity index (χ3v) is 1.98. The molecule has 0 aliphatic rings. The highest BCUT2D eigenvalue weighted by atomic mass is 19.3. The van der Waals surface area contributed by atoms with Crippen molar-refractivity contribution in [2.24, 2.45) is 0 Å². The zero-order valence-corrected chi connectivity index (χ0v) is 8.05. The van der Waals surface area contributed by atoms with Crippen LogP contribution in [0.4, 0.5) is 8.78 Å². The lowest BCUT2D eigenvalue weighted by atomic mass is 10.0. The molecule has 0 fully saturated rings. The molecule has 0 bridgehead atoms. The Kier molecular flexibility index (Phi) is 3.06. The van der Waals surface area contributed by atoms with Gasteiger partial charge in [0.2, 0.25) is 0 Å². The van der Waals surface area contributed by atoms with Crippen molar-refractivity contribution < 1.29 is 18.6 Å². The number of aliphatic hydroxyl groups excluding tert-OH is 1. The van der Waals surface area contributed by atoms with Crippen LogP contribution in [0.2, 0.25) is 0 Å². The van der Waals surface area contributed by atoms with Crippen molar-refractivity contribution in [1.29, 1.82) is 0 Å². The number of rotatable bonds is 3. The maximum absolute atomic E-state index is 13.1. The van der Waals surface area contributed by atoms with E-state index in [0.29, 0.717) is 0 Å². The Morgan fingerprint density at radius 3 is 2.50 bits per heavy atom. The molecular formula is C10H12F2O2. The van der Waals surface area contributed by atoms with Gasteiger partial charge in [0.1, 0.15) is 5.75 Å². The van der Waals surface area contributed by atoms with Crippen LogP contribution in [0.3, 0.4) is 0 Å². The van der Waals surface area contributed by atoms with Gasteiger partial charge in [-0.1, -0.05) is 12.1 Å². The van der Waals surface area contributed by atoms with Gasteiger partial charge >= 0.3 is 0 Å². The van der Waals surface area contributed by atoms with E-state index in [0.717, 1.165) is 6.92 Å². The van der Waals surface area contributed by atoms with Gasteiger partial charge in [0.25, 0.3) is 5.92 Å². The standard InChI is InChI=1S/C10H12F2O2/c1-10(11,12)8-4-3-5-9(14-2)7(8)6-13/h3-5,13H,6H2,1-2H3. The number of benzene rings is 1. The molecule has 1 N–H and O–H groups in total. The molecule has 1 aromatic carbocycles. The molecule has 0 amide bonds. The molecule has 0 saturated carbocycles. The minimum atomic E-state index is -2.97. The molecule has 0 unspecified atom stereocenters. The highest BCUT2D eigenvalue weighted by Gasteiger charge is 2.28. The minimum absolute atomic E-state index is 0.141. The van der Waals surface area contributed by atoms with Crippen molar-refractivity contribution in [3.8, 4) is 5.75 Å². The summed E-state index contributed by atoms with van der Waals surface area (Å²) in [5.74, 6) is -2.68. The highest BCUT2D eigenvalue weighted by Crippen LogP contribution is 2.34. The minimum Gasteiger partial charge on any atom is -0.496 e. The fourth-order valence-corrected chi connectivity index (χ4v) is 1.33. The van der Waals surface area contributed by atoms with Crippen LogP contribution in [0, 0.1) is 0 Å². The van der Waals surface area contributed by atoms with E-state index in [9.17, 15) is 8.78 Å². The van der Waals surface area contributed by atoms with Crippen LogP contribution in [-0.4, -0.2) is 12.2 Å². The van der Waals surface area contributed by atoms with Gasteiger partial charge in [-0.05, 0) is 6.07 Å². The van der Waals surface area contributed by atoms with Crippen molar-refractivity contribution >= 4 is 0 Å². The number of hydrogen-bond donors (Lipinski definition) is 1. The number of hydrogen-bond acceptors (Lipinski definition) is 2. The number of alkyl halides is 2. The summed E-state index contributed by atoms with van der Waals surface area (Å²) in [5.41, 5.74) is -0.0538. The molecule has 0 saturated heterocycles. The van der Waals surface area contributed by atoms with E-state index in [1.807, 2.05) is 0 Å². The average molecular weight is 202 g/mol. The van der Waals surface area contributed by atoms with Gasteiger partial charge in [-0.2, -0.15) is 0 Å². The first kappa shape index (κ1) is 10.9. The van der Waals surface area contributed by atoms with Crippen LogP contribution in [-0.2, 0) is 12.5 Å². The molecule has 0 aliphatic heterocycles. The van der Waals surface area contributed by atoms with Gasteiger partial charge in [0.05, 0.1) is 13.7 Å². The lowest BCUT2D eigenvalue weighted by Crippen LogP contribution is -2.11. The van der Waals surface area contributed by atoms with E-state index >= 15 is 0 Å². The Morgan fingerprint density at radius 2 is 2.07 bits per heavy atom. The quantitative estimate of drug-likeness (QED) is 0.814.